The van der Waals surface area contributed by atoms with E-state index in [4.69, 9.17) is 10.5 Å². The van der Waals surface area contributed by atoms with Gasteiger partial charge in [0.05, 0.1) is 0 Å². The fraction of sp³-hybridized carbons (Fsp3) is 0.0476. The van der Waals surface area contributed by atoms with Gasteiger partial charge in [0.15, 0.2) is 0 Å². The van der Waals surface area contributed by atoms with E-state index in [1.54, 1.807) is 0 Å². The molecule has 0 amide bonds. The first-order chi connectivity index (χ1) is 13.3. The van der Waals surface area contributed by atoms with Crippen molar-refractivity contribution in [3.8, 4) is 11.5 Å². The van der Waals surface area contributed by atoms with E-state index in [9.17, 15) is 0 Å². The molecule has 6 nitrogen and oxygen atoms in total. The number of anilines is 1. The number of ether oxygens (including phenoxy) is 1. The lowest BCUT2D eigenvalue weighted by Gasteiger charge is -2.18. The average Bonchev–Trinajstić information content (AvgIpc) is 3.06. The second-order valence-corrected chi connectivity index (χ2v) is 6.36. The fourth-order valence-electron chi connectivity index (χ4n) is 3.37. The molecule has 1 aliphatic rings. The number of nitrogens with one attached hydrogen (secondary N) is 2. The zero-order valence-electron chi connectivity index (χ0n) is 14.5. The maximum atomic E-state index is 6.04. The van der Waals surface area contributed by atoms with Crippen LogP contribution in [0.1, 0.15) is 11.7 Å². The van der Waals surface area contributed by atoms with Crippen molar-refractivity contribution in [1.29, 1.82) is 0 Å². The lowest BCUT2D eigenvalue weighted by atomic mass is 10.1. The van der Waals surface area contributed by atoms with E-state index < -0.39 is 0 Å². The highest BCUT2D eigenvalue weighted by Crippen LogP contribution is 2.28. The number of aliphatic imine (C=N–C) groups is 1. The number of aromatic amines is 1. The minimum Gasteiger partial charge on any atom is -0.457 e. The smallest absolute Gasteiger partial charge is 0.365 e. The molecule has 1 aromatic heterocycles. The van der Waals surface area contributed by atoms with Gasteiger partial charge < -0.3 is 10.5 Å². The summed E-state index contributed by atoms with van der Waals surface area (Å²) in [6.07, 6.45) is -0.281. The normalized spacial score (nSPS) is 15.7. The first-order valence-electron chi connectivity index (χ1n) is 8.73. The summed E-state index contributed by atoms with van der Waals surface area (Å²) in [7, 11) is 0. The zero-order chi connectivity index (χ0) is 18.2. The minimum atomic E-state index is -0.281. The van der Waals surface area contributed by atoms with Gasteiger partial charge in [0.2, 0.25) is 6.17 Å². The van der Waals surface area contributed by atoms with Crippen LogP contribution in [0, 0.1) is 0 Å². The number of hydrogen-bond donors (Lipinski definition) is 3. The van der Waals surface area contributed by atoms with Gasteiger partial charge >= 0.3 is 5.95 Å². The maximum absolute atomic E-state index is 6.04. The van der Waals surface area contributed by atoms with E-state index in [-0.39, 0.29) is 6.17 Å². The molecule has 0 fully saturated rings. The van der Waals surface area contributed by atoms with E-state index in [1.807, 2.05) is 72.8 Å². The third kappa shape index (κ3) is 2.77. The molecule has 27 heavy (non-hydrogen) atoms. The number of imidazole rings is 1. The number of para-hydroxylation sites is 3. The number of guanidine groups is 1. The molecular formula is C21H18N5O+. The van der Waals surface area contributed by atoms with E-state index in [0.717, 1.165) is 34.0 Å². The van der Waals surface area contributed by atoms with Crippen molar-refractivity contribution in [1.82, 2.24) is 4.98 Å². The van der Waals surface area contributed by atoms with Crippen molar-refractivity contribution in [2.24, 2.45) is 10.7 Å². The topological polar surface area (TPSA) is 79.3 Å². The average molecular weight is 356 g/mol. The molecular weight excluding hydrogens is 338 g/mol. The molecule has 5 rings (SSSR count). The van der Waals surface area contributed by atoms with Crippen LogP contribution >= 0.6 is 0 Å². The summed E-state index contributed by atoms with van der Waals surface area (Å²) >= 11 is 0. The van der Waals surface area contributed by atoms with Crippen LogP contribution in [0.5, 0.6) is 11.5 Å². The molecule has 3 aromatic carbocycles. The first kappa shape index (κ1) is 15.5. The molecule has 2 heterocycles. The highest BCUT2D eigenvalue weighted by atomic mass is 16.5. The van der Waals surface area contributed by atoms with Gasteiger partial charge in [-0.3, -0.25) is 0 Å². The third-order valence-corrected chi connectivity index (χ3v) is 4.55. The van der Waals surface area contributed by atoms with Crippen molar-refractivity contribution in [2.75, 3.05) is 5.32 Å². The third-order valence-electron chi connectivity index (χ3n) is 4.55. The Bertz CT molecular complexity index is 1150. The van der Waals surface area contributed by atoms with E-state index in [1.165, 1.54) is 0 Å². The van der Waals surface area contributed by atoms with Crippen LogP contribution in [-0.4, -0.2) is 10.9 Å². The summed E-state index contributed by atoms with van der Waals surface area (Å²) in [6.45, 7) is 0. The molecule has 0 aliphatic carbocycles. The molecule has 4 aromatic rings. The molecule has 132 valence electrons. The molecule has 0 bridgehead atoms. The summed E-state index contributed by atoms with van der Waals surface area (Å²) in [6, 6.07) is 25.8. The van der Waals surface area contributed by atoms with Gasteiger partial charge in [-0.2, -0.15) is 4.99 Å². The predicted molar refractivity (Wildman–Crippen MR) is 105 cm³/mol. The van der Waals surface area contributed by atoms with Crippen LogP contribution in [0.4, 0.5) is 5.95 Å². The largest absolute Gasteiger partial charge is 0.457 e. The minimum absolute atomic E-state index is 0.281. The van der Waals surface area contributed by atoms with Crippen LogP contribution in [-0.2, 0) is 0 Å². The van der Waals surface area contributed by atoms with Crippen LogP contribution in [0.25, 0.3) is 11.0 Å². The van der Waals surface area contributed by atoms with E-state index in [2.05, 4.69) is 25.9 Å². The van der Waals surface area contributed by atoms with Crippen LogP contribution in [0.15, 0.2) is 83.9 Å². The molecule has 1 atom stereocenters. The lowest BCUT2D eigenvalue weighted by Crippen LogP contribution is -2.48. The monoisotopic (exact) mass is 356 g/mol. The quantitative estimate of drug-likeness (QED) is 0.491. The van der Waals surface area contributed by atoms with E-state index >= 15 is 0 Å². The second-order valence-electron chi connectivity index (χ2n) is 6.36. The highest BCUT2D eigenvalue weighted by Gasteiger charge is 2.31. The summed E-state index contributed by atoms with van der Waals surface area (Å²) < 4.78 is 8.09. The molecule has 4 N–H and O–H groups in total. The molecule has 6 heteroatoms. The number of aromatic nitrogens is 2. The van der Waals surface area contributed by atoms with Gasteiger partial charge in [-0.25, -0.2) is 14.9 Å². The van der Waals surface area contributed by atoms with Gasteiger partial charge in [0.1, 0.15) is 22.5 Å². The molecule has 0 saturated carbocycles. The summed E-state index contributed by atoms with van der Waals surface area (Å²) in [4.78, 5) is 8.00. The lowest BCUT2D eigenvalue weighted by molar-refractivity contribution is -0.674. The molecule has 0 saturated heterocycles. The number of rotatable bonds is 3. The van der Waals surface area contributed by atoms with Gasteiger partial charge in [-0.05, 0) is 36.4 Å². The van der Waals surface area contributed by atoms with Crippen molar-refractivity contribution >= 4 is 22.9 Å². The summed E-state index contributed by atoms with van der Waals surface area (Å²) in [5.41, 5.74) is 9.10. The second kappa shape index (κ2) is 6.17. The Kier molecular flexibility index (Phi) is 3.53. The SMILES string of the molecule is NC1=N[C@H](c2cccc(Oc3ccccc3)c2)[n+]2c([nH]c3ccccc32)N1. The number of nitrogens with zero attached hydrogens (tertiary/aromatic N) is 2. The van der Waals surface area contributed by atoms with Crippen molar-refractivity contribution < 1.29 is 9.30 Å². The van der Waals surface area contributed by atoms with Crippen molar-refractivity contribution in [3.05, 3.63) is 84.4 Å². The number of benzene rings is 3. The molecule has 0 unspecified atom stereocenters. The van der Waals surface area contributed by atoms with Gasteiger partial charge in [0.25, 0.3) is 5.96 Å². The fourth-order valence-corrected chi connectivity index (χ4v) is 3.37. The summed E-state index contributed by atoms with van der Waals surface area (Å²) in [5.74, 6) is 2.74. The maximum Gasteiger partial charge on any atom is 0.365 e. The number of fused-ring (bicyclic) bond motifs is 3. The predicted octanol–water partition coefficient (Wildman–Crippen LogP) is 3.53. The van der Waals surface area contributed by atoms with E-state index in [0.29, 0.717) is 5.96 Å². The Labute approximate surface area is 155 Å². The molecule has 0 radical (unpaired) electrons. The Morgan fingerprint density at radius 2 is 1.67 bits per heavy atom. The van der Waals surface area contributed by atoms with Crippen LogP contribution in [0.3, 0.4) is 0 Å². The Balaban J connectivity index is 1.58. The first-order valence-corrected chi connectivity index (χ1v) is 8.73. The van der Waals surface area contributed by atoms with Crippen molar-refractivity contribution in [3.63, 3.8) is 0 Å². The Morgan fingerprint density at radius 3 is 2.56 bits per heavy atom. The van der Waals surface area contributed by atoms with Gasteiger partial charge in [0, 0.05) is 5.56 Å². The molecule has 1 aliphatic heterocycles. The number of hydrogen-bond acceptors (Lipinski definition) is 4. The standard InChI is InChI=1S/C21H17N5O/c22-20-24-19(26-18-12-5-4-11-17(18)23-21(26)25-20)14-7-6-10-16(13-14)27-15-8-2-1-3-9-15/h1-13,19H,(H3,22,23,24,25)/p+1/t19-/m0/s1. The number of H-pyrrole nitrogens is 1. The van der Waals surface area contributed by atoms with Gasteiger partial charge in [-0.15, -0.1) is 0 Å². The zero-order valence-corrected chi connectivity index (χ0v) is 14.5. The van der Waals surface area contributed by atoms with Crippen LogP contribution in [0.2, 0.25) is 0 Å². The van der Waals surface area contributed by atoms with Crippen molar-refractivity contribution in [2.45, 2.75) is 6.17 Å². The summed E-state index contributed by atoms with van der Waals surface area (Å²) in [5, 5.41) is 3.11. The highest BCUT2D eigenvalue weighted by molar-refractivity contribution is 5.92. The van der Waals surface area contributed by atoms with Crippen LogP contribution < -0.4 is 20.4 Å². The van der Waals surface area contributed by atoms with Gasteiger partial charge in [-0.1, -0.05) is 42.5 Å². The molecule has 0 spiro atoms. The Morgan fingerprint density at radius 1 is 0.889 bits per heavy atom. The Hall–Kier alpha value is -3.80. The number of nitrogens with two attached hydrogens (primary N) is 1.